The van der Waals surface area contributed by atoms with Crippen LogP contribution in [0.2, 0.25) is 0 Å². The number of hydrogen-bond donors (Lipinski definition) is 1. The normalized spacial score (nSPS) is 12.0. The van der Waals surface area contributed by atoms with Crippen molar-refractivity contribution in [2.24, 2.45) is 0 Å². The third kappa shape index (κ3) is 4.54. The van der Waals surface area contributed by atoms with Gasteiger partial charge in [0, 0.05) is 6.92 Å². The van der Waals surface area contributed by atoms with Gasteiger partial charge in [0.2, 0.25) is 6.29 Å². The molecule has 1 aromatic rings. The standard InChI is InChI=1S/C10H14N2O5/c1-6(2)15-10(14)17-7(3)16-9(13)8-4-11-5-12-8/h4-7H,1-3H3,(H,11,12). The minimum Gasteiger partial charge on any atom is -0.431 e. The minimum absolute atomic E-state index is 0.178. The van der Waals surface area contributed by atoms with E-state index in [1.807, 2.05) is 0 Å². The second-order valence-electron chi connectivity index (χ2n) is 3.47. The molecule has 0 aliphatic carbocycles. The molecule has 1 atom stereocenters. The van der Waals surface area contributed by atoms with Gasteiger partial charge in [0.05, 0.1) is 18.6 Å². The third-order valence-electron chi connectivity index (χ3n) is 1.59. The number of hydrogen-bond acceptors (Lipinski definition) is 6. The number of nitrogens with one attached hydrogen (secondary N) is 1. The van der Waals surface area contributed by atoms with Crippen LogP contribution in [-0.2, 0) is 14.2 Å². The summed E-state index contributed by atoms with van der Waals surface area (Å²) in [5.41, 5.74) is 0.178. The zero-order chi connectivity index (χ0) is 12.8. The molecule has 1 aromatic heterocycles. The fourth-order valence-corrected chi connectivity index (χ4v) is 0.962. The fraction of sp³-hybridized carbons (Fsp3) is 0.500. The maximum absolute atomic E-state index is 11.4. The Hall–Kier alpha value is -2.05. The lowest BCUT2D eigenvalue weighted by atomic mass is 10.5. The Kier molecular flexibility index (Phi) is 4.50. The quantitative estimate of drug-likeness (QED) is 0.635. The van der Waals surface area contributed by atoms with Gasteiger partial charge in [0.1, 0.15) is 5.69 Å². The van der Waals surface area contributed by atoms with Crippen molar-refractivity contribution < 1.29 is 23.8 Å². The number of carbonyl (C=O) groups excluding carboxylic acids is 2. The van der Waals surface area contributed by atoms with Gasteiger partial charge in [-0.25, -0.2) is 14.6 Å². The van der Waals surface area contributed by atoms with Crippen molar-refractivity contribution in [1.29, 1.82) is 0 Å². The van der Waals surface area contributed by atoms with Gasteiger partial charge < -0.3 is 19.2 Å². The van der Waals surface area contributed by atoms with E-state index in [-0.39, 0.29) is 11.8 Å². The molecule has 0 saturated carbocycles. The summed E-state index contributed by atoms with van der Waals surface area (Å²) in [6, 6.07) is 0. The summed E-state index contributed by atoms with van der Waals surface area (Å²) in [7, 11) is 0. The maximum Gasteiger partial charge on any atom is 0.511 e. The van der Waals surface area contributed by atoms with Gasteiger partial charge in [0.25, 0.3) is 0 Å². The first-order valence-electron chi connectivity index (χ1n) is 5.05. The summed E-state index contributed by atoms with van der Waals surface area (Å²) in [6.45, 7) is 4.78. The lowest BCUT2D eigenvalue weighted by molar-refractivity contribution is -0.0868. The van der Waals surface area contributed by atoms with Crippen LogP contribution < -0.4 is 0 Å². The summed E-state index contributed by atoms with van der Waals surface area (Å²) in [5, 5.41) is 0. The Morgan fingerprint density at radius 3 is 2.47 bits per heavy atom. The minimum atomic E-state index is -1.03. The summed E-state index contributed by atoms with van der Waals surface area (Å²) in [6.07, 6.45) is 0.441. The van der Waals surface area contributed by atoms with Crippen LogP contribution >= 0.6 is 0 Å². The number of aromatic amines is 1. The Labute approximate surface area is 98.1 Å². The summed E-state index contributed by atoms with van der Waals surface area (Å²) >= 11 is 0. The molecular formula is C10H14N2O5. The van der Waals surface area contributed by atoms with Gasteiger partial charge in [-0.2, -0.15) is 0 Å². The van der Waals surface area contributed by atoms with Crippen molar-refractivity contribution >= 4 is 12.1 Å². The van der Waals surface area contributed by atoms with Crippen LogP contribution in [0.3, 0.4) is 0 Å². The summed E-state index contributed by atoms with van der Waals surface area (Å²) in [5.74, 6) is -0.660. The molecular weight excluding hydrogens is 228 g/mol. The molecule has 94 valence electrons. The predicted octanol–water partition coefficient (Wildman–Crippen LogP) is 1.47. The van der Waals surface area contributed by atoms with Crippen molar-refractivity contribution in [1.82, 2.24) is 9.97 Å². The van der Waals surface area contributed by atoms with Gasteiger partial charge in [-0.3, -0.25) is 0 Å². The fourth-order valence-electron chi connectivity index (χ4n) is 0.962. The second kappa shape index (κ2) is 5.88. The van der Waals surface area contributed by atoms with E-state index in [1.54, 1.807) is 13.8 Å². The number of rotatable bonds is 4. The molecule has 7 heteroatoms. The first-order valence-corrected chi connectivity index (χ1v) is 5.05. The Balaban J connectivity index is 2.37. The van der Waals surface area contributed by atoms with Crippen molar-refractivity contribution in [3.63, 3.8) is 0 Å². The first kappa shape index (κ1) is 13.0. The molecule has 17 heavy (non-hydrogen) atoms. The zero-order valence-corrected chi connectivity index (χ0v) is 9.80. The topological polar surface area (TPSA) is 90.5 Å². The number of H-pyrrole nitrogens is 1. The summed E-state index contributed by atoms with van der Waals surface area (Å²) in [4.78, 5) is 28.7. The SMILES string of the molecule is CC(C)OC(=O)OC(C)OC(=O)c1cnc[nH]1. The van der Waals surface area contributed by atoms with E-state index in [0.717, 1.165) is 0 Å². The molecule has 0 amide bonds. The Morgan fingerprint density at radius 1 is 1.24 bits per heavy atom. The molecule has 1 heterocycles. The first-order chi connectivity index (χ1) is 7.99. The summed E-state index contributed by atoms with van der Waals surface area (Å²) < 4.78 is 14.2. The number of nitrogens with zero attached hydrogens (tertiary/aromatic N) is 1. The van der Waals surface area contributed by atoms with Crippen molar-refractivity contribution in [3.05, 3.63) is 18.2 Å². The number of carbonyl (C=O) groups is 2. The number of imidazole rings is 1. The molecule has 0 fully saturated rings. The van der Waals surface area contributed by atoms with E-state index in [4.69, 9.17) is 14.2 Å². The number of esters is 1. The Morgan fingerprint density at radius 2 is 1.94 bits per heavy atom. The van der Waals surface area contributed by atoms with Crippen molar-refractivity contribution in [2.45, 2.75) is 33.2 Å². The highest BCUT2D eigenvalue weighted by Crippen LogP contribution is 2.03. The highest BCUT2D eigenvalue weighted by atomic mass is 16.8. The largest absolute Gasteiger partial charge is 0.511 e. The van der Waals surface area contributed by atoms with Crippen LogP contribution in [0.5, 0.6) is 0 Å². The van der Waals surface area contributed by atoms with E-state index in [0.29, 0.717) is 0 Å². The molecule has 0 aliphatic rings. The van der Waals surface area contributed by atoms with Crippen LogP contribution in [0.25, 0.3) is 0 Å². The van der Waals surface area contributed by atoms with Gasteiger partial charge in [-0.1, -0.05) is 0 Å². The lowest BCUT2D eigenvalue weighted by Crippen LogP contribution is -2.24. The predicted molar refractivity (Wildman–Crippen MR) is 56.2 cm³/mol. The van der Waals surface area contributed by atoms with Crippen LogP contribution in [0.1, 0.15) is 31.3 Å². The highest BCUT2D eigenvalue weighted by Gasteiger charge is 2.17. The van der Waals surface area contributed by atoms with E-state index < -0.39 is 18.4 Å². The average molecular weight is 242 g/mol. The number of aromatic nitrogens is 2. The van der Waals surface area contributed by atoms with E-state index in [1.165, 1.54) is 19.4 Å². The molecule has 0 saturated heterocycles. The zero-order valence-electron chi connectivity index (χ0n) is 9.80. The van der Waals surface area contributed by atoms with E-state index >= 15 is 0 Å². The molecule has 0 radical (unpaired) electrons. The monoisotopic (exact) mass is 242 g/mol. The number of ether oxygens (including phenoxy) is 3. The molecule has 1 N–H and O–H groups in total. The molecule has 0 aliphatic heterocycles. The molecule has 1 rings (SSSR count). The van der Waals surface area contributed by atoms with Gasteiger partial charge in [-0.05, 0) is 13.8 Å². The van der Waals surface area contributed by atoms with Crippen molar-refractivity contribution in [3.8, 4) is 0 Å². The molecule has 0 spiro atoms. The van der Waals surface area contributed by atoms with E-state index in [9.17, 15) is 9.59 Å². The van der Waals surface area contributed by atoms with Gasteiger partial charge in [0.15, 0.2) is 0 Å². The average Bonchev–Trinajstić information content (AvgIpc) is 2.67. The molecule has 7 nitrogen and oxygen atoms in total. The lowest BCUT2D eigenvalue weighted by Gasteiger charge is -2.14. The second-order valence-corrected chi connectivity index (χ2v) is 3.47. The molecule has 0 aromatic carbocycles. The highest BCUT2D eigenvalue weighted by molar-refractivity contribution is 5.86. The van der Waals surface area contributed by atoms with E-state index in [2.05, 4.69) is 9.97 Å². The van der Waals surface area contributed by atoms with Crippen LogP contribution in [0.4, 0.5) is 4.79 Å². The third-order valence-corrected chi connectivity index (χ3v) is 1.59. The Bertz CT molecular complexity index is 374. The van der Waals surface area contributed by atoms with Crippen molar-refractivity contribution in [2.75, 3.05) is 0 Å². The smallest absolute Gasteiger partial charge is 0.431 e. The van der Waals surface area contributed by atoms with Crippen LogP contribution in [-0.4, -0.2) is 34.5 Å². The molecule has 0 bridgehead atoms. The van der Waals surface area contributed by atoms with Gasteiger partial charge >= 0.3 is 12.1 Å². The van der Waals surface area contributed by atoms with Crippen LogP contribution in [0, 0.1) is 0 Å². The maximum atomic E-state index is 11.4. The molecule has 1 unspecified atom stereocenters. The van der Waals surface area contributed by atoms with Gasteiger partial charge in [-0.15, -0.1) is 0 Å². The van der Waals surface area contributed by atoms with Crippen LogP contribution in [0.15, 0.2) is 12.5 Å².